The second kappa shape index (κ2) is 6.29. The van der Waals surface area contributed by atoms with Gasteiger partial charge in [0.2, 0.25) is 0 Å². The van der Waals surface area contributed by atoms with Gasteiger partial charge in [-0.2, -0.15) is 5.10 Å². The van der Waals surface area contributed by atoms with Gasteiger partial charge in [-0.05, 0) is 32.6 Å². The van der Waals surface area contributed by atoms with Gasteiger partial charge in [0.05, 0.1) is 5.52 Å². The Morgan fingerprint density at radius 2 is 1.71 bits per heavy atom. The molecule has 1 heterocycles. The van der Waals surface area contributed by atoms with Crippen molar-refractivity contribution in [3.05, 3.63) is 54.1 Å². The highest BCUT2D eigenvalue weighted by molar-refractivity contribution is 5.95. The summed E-state index contributed by atoms with van der Waals surface area (Å²) in [6.45, 7) is 2.22. The second-order valence-electron chi connectivity index (χ2n) is 5.35. The van der Waals surface area contributed by atoms with Crippen LogP contribution in [0.2, 0.25) is 0 Å². The molecule has 0 aliphatic carbocycles. The molecule has 0 amide bonds. The minimum atomic E-state index is 0. The van der Waals surface area contributed by atoms with Crippen molar-refractivity contribution in [2.75, 3.05) is 14.1 Å². The van der Waals surface area contributed by atoms with Crippen molar-refractivity contribution >= 4 is 23.3 Å². The molecule has 1 N–H and O–H groups in total. The molecule has 3 rings (SSSR count). The summed E-state index contributed by atoms with van der Waals surface area (Å²) in [5, 5.41) is 8.90. The van der Waals surface area contributed by atoms with Crippen LogP contribution in [0.25, 0.3) is 22.2 Å². The Bertz CT molecular complexity index is 719. The van der Waals surface area contributed by atoms with Gasteiger partial charge in [0, 0.05) is 17.0 Å². The third-order valence-corrected chi connectivity index (χ3v) is 3.89. The highest BCUT2D eigenvalue weighted by Crippen LogP contribution is 2.33. The van der Waals surface area contributed by atoms with E-state index in [0.29, 0.717) is 6.04 Å². The molecule has 0 aliphatic rings. The minimum Gasteiger partial charge on any atom is -0.303 e. The van der Waals surface area contributed by atoms with Crippen molar-refractivity contribution in [3.8, 4) is 11.3 Å². The Morgan fingerprint density at radius 1 is 1.00 bits per heavy atom. The summed E-state index contributed by atoms with van der Waals surface area (Å²) < 4.78 is 0. The van der Waals surface area contributed by atoms with Crippen LogP contribution in [-0.4, -0.2) is 29.2 Å². The number of halogens is 1. The van der Waals surface area contributed by atoms with Crippen molar-refractivity contribution in [1.82, 2.24) is 15.1 Å². The first-order valence-electron chi connectivity index (χ1n) is 6.87. The number of aromatic amines is 1. The lowest BCUT2D eigenvalue weighted by atomic mass is 9.98. The van der Waals surface area contributed by atoms with E-state index in [1.807, 2.05) is 18.2 Å². The molecule has 1 unspecified atom stereocenters. The quantitative estimate of drug-likeness (QED) is 0.783. The van der Waals surface area contributed by atoms with Crippen LogP contribution in [0.4, 0.5) is 0 Å². The fraction of sp³-hybridized carbons (Fsp3) is 0.235. The van der Waals surface area contributed by atoms with Crippen molar-refractivity contribution in [1.29, 1.82) is 0 Å². The van der Waals surface area contributed by atoms with Crippen LogP contribution in [0.3, 0.4) is 0 Å². The Morgan fingerprint density at radius 3 is 2.38 bits per heavy atom. The molecule has 21 heavy (non-hydrogen) atoms. The van der Waals surface area contributed by atoms with Crippen molar-refractivity contribution in [2.24, 2.45) is 0 Å². The maximum absolute atomic E-state index is 4.52. The van der Waals surface area contributed by atoms with Crippen LogP contribution in [0, 0.1) is 0 Å². The number of aromatic nitrogens is 2. The Labute approximate surface area is 131 Å². The molecule has 1 atom stereocenters. The molecule has 3 nitrogen and oxygen atoms in total. The van der Waals surface area contributed by atoms with Crippen LogP contribution < -0.4 is 0 Å². The third-order valence-electron chi connectivity index (χ3n) is 3.89. The molecule has 4 heteroatoms. The number of benzene rings is 2. The monoisotopic (exact) mass is 301 g/mol. The Balaban J connectivity index is 0.00000161. The van der Waals surface area contributed by atoms with Crippen LogP contribution in [0.15, 0.2) is 48.5 Å². The highest BCUT2D eigenvalue weighted by Gasteiger charge is 2.16. The summed E-state index contributed by atoms with van der Waals surface area (Å²) >= 11 is 0. The largest absolute Gasteiger partial charge is 0.303 e. The predicted octanol–water partition coefficient (Wildman–Crippen LogP) is 4.27. The molecule has 3 aromatic rings. The summed E-state index contributed by atoms with van der Waals surface area (Å²) in [6.07, 6.45) is 0. The van der Waals surface area contributed by atoms with E-state index < -0.39 is 0 Å². The molecular formula is C17H20ClN3. The lowest BCUT2D eigenvalue weighted by Gasteiger charge is -2.21. The predicted molar refractivity (Wildman–Crippen MR) is 90.9 cm³/mol. The van der Waals surface area contributed by atoms with Gasteiger partial charge in [0.15, 0.2) is 0 Å². The molecule has 0 aliphatic heterocycles. The van der Waals surface area contributed by atoms with Gasteiger partial charge < -0.3 is 4.90 Å². The van der Waals surface area contributed by atoms with Gasteiger partial charge >= 0.3 is 0 Å². The van der Waals surface area contributed by atoms with Gasteiger partial charge in [0.1, 0.15) is 5.69 Å². The van der Waals surface area contributed by atoms with Gasteiger partial charge in [-0.1, -0.05) is 42.5 Å². The number of hydrogen-bond donors (Lipinski definition) is 1. The summed E-state index contributed by atoms with van der Waals surface area (Å²) in [7, 11) is 4.21. The molecule has 1 aromatic heterocycles. The zero-order chi connectivity index (χ0) is 14.1. The first-order valence-corrected chi connectivity index (χ1v) is 6.87. The van der Waals surface area contributed by atoms with Crippen LogP contribution in [0.1, 0.15) is 18.5 Å². The molecular weight excluding hydrogens is 282 g/mol. The smallest absolute Gasteiger partial charge is 0.100 e. The fourth-order valence-electron chi connectivity index (χ4n) is 2.53. The van der Waals surface area contributed by atoms with E-state index in [2.05, 4.69) is 66.4 Å². The number of H-pyrrole nitrogens is 1. The summed E-state index contributed by atoms with van der Waals surface area (Å²) in [5.41, 5.74) is 4.58. The lowest BCUT2D eigenvalue weighted by Crippen LogP contribution is -2.16. The van der Waals surface area contributed by atoms with E-state index in [-0.39, 0.29) is 12.4 Å². The molecule has 0 saturated heterocycles. The van der Waals surface area contributed by atoms with E-state index in [1.165, 1.54) is 10.9 Å². The van der Waals surface area contributed by atoms with Gasteiger partial charge in [-0.25, -0.2) is 0 Å². The maximum atomic E-state index is 4.52. The molecule has 0 radical (unpaired) electrons. The maximum Gasteiger partial charge on any atom is 0.100 e. The van der Waals surface area contributed by atoms with Crippen molar-refractivity contribution in [3.63, 3.8) is 0 Å². The SMILES string of the molecule is CC(c1cccc2[nH]nc(-c3ccccc3)c12)N(C)C.Cl. The van der Waals surface area contributed by atoms with Gasteiger partial charge in [0.25, 0.3) is 0 Å². The molecule has 0 bridgehead atoms. The lowest BCUT2D eigenvalue weighted by molar-refractivity contribution is 0.323. The molecule has 0 fully saturated rings. The second-order valence-corrected chi connectivity index (χ2v) is 5.35. The molecule has 110 valence electrons. The summed E-state index contributed by atoms with van der Waals surface area (Å²) in [5.74, 6) is 0. The number of nitrogens with zero attached hydrogens (tertiary/aromatic N) is 2. The normalized spacial score (nSPS) is 12.4. The minimum absolute atomic E-state index is 0. The molecule has 0 saturated carbocycles. The average molecular weight is 302 g/mol. The van der Waals surface area contributed by atoms with Crippen molar-refractivity contribution in [2.45, 2.75) is 13.0 Å². The van der Waals surface area contributed by atoms with E-state index in [1.54, 1.807) is 0 Å². The Kier molecular flexibility index (Phi) is 4.66. The number of hydrogen-bond acceptors (Lipinski definition) is 2. The molecule has 2 aromatic carbocycles. The van der Waals surface area contributed by atoms with E-state index >= 15 is 0 Å². The fourth-order valence-corrected chi connectivity index (χ4v) is 2.53. The summed E-state index contributed by atoms with van der Waals surface area (Å²) in [6, 6.07) is 17.0. The van der Waals surface area contributed by atoms with Crippen LogP contribution in [-0.2, 0) is 0 Å². The zero-order valence-electron chi connectivity index (χ0n) is 12.5. The number of nitrogens with one attached hydrogen (secondary N) is 1. The van der Waals surface area contributed by atoms with Crippen LogP contribution >= 0.6 is 12.4 Å². The first-order chi connectivity index (χ1) is 9.68. The zero-order valence-corrected chi connectivity index (χ0v) is 13.3. The number of rotatable bonds is 3. The Hall–Kier alpha value is -1.84. The molecule has 0 spiro atoms. The van der Waals surface area contributed by atoms with Crippen LogP contribution in [0.5, 0.6) is 0 Å². The topological polar surface area (TPSA) is 31.9 Å². The highest BCUT2D eigenvalue weighted by atomic mass is 35.5. The summed E-state index contributed by atoms with van der Waals surface area (Å²) in [4.78, 5) is 2.22. The average Bonchev–Trinajstić information content (AvgIpc) is 2.91. The van der Waals surface area contributed by atoms with E-state index in [9.17, 15) is 0 Å². The van der Waals surface area contributed by atoms with E-state index in [4.69, 9.17) is 0 Å². The van der Waals surface area contributed by atoms with Gasteiger partial charge in [-0.3, -0.25) is 5.10 Å². The third kappa shape index (κ3) is 2.80. The van der Waals surface area contributed by atoms with Gasteiger partial charge in [-0.15, -0.1) is 12.4 Å². The van der Waals surface area contributed by atoms with Crippen molar-refractivity contribution < 1.29 is 0 Å². The standard InChI is InChI=1S/C17H19N3.ClH/c1-12(20(2)3)14-10-7-11-15-16(14)17(19-18-15)13-8-5-4-6-9-13;/h4-12H,1-3H3,(H,18,19);1H. The van der Waals surface area contributed by atoms with E-state index in [0.717, 1.165) is 16.8 Å². The first kappa shape index (κ1) is 15.5. The number of fused-ring (bicyclic) bond motifs is 1.